The van der Waals surface area contributed by atoms with Gasteiger partial charge in [0.05, 0.1) is 0 Å². The van der Waals surface area contributed by atoms with Crippen LogP contribution in [0.3, 0.4) is 0 Å². The molecule has 0 aromatic rings. The number of nitrogens with zero attached hydrogens (tertiary/aromatic N) is 1. The molecule has 0 bridgehead atoms. The molecule has 1 aliphatic heterocycles. The molecule has 1 fully saturated rings. The van der Waals surface area contributed by atoms with E-state index in [1.165, 1.54) is 0 Å². The molecule has 3 nitrogen and oxygen atoms in total. The van der Waals surface area contributed by atoms with E-state index in [9.17, 15) is 14.3 Å². The molecule has 1 rings (SSSR count). The second-order valence-electron chi connectivity index (χ2n) is 2.46. The third-order valence-electron chi connectivity index (χ3n) is 1.69. The smallest absolute Gasteiger partial charge is 0.550 e. The van der Waals surface area contributed by atoms with Crippen LogP contribution in [0.5, 0.6) is 0 Å². The number of hydrogen-bond acceptors (Lipinski definition) is 3. The molecule has 0 unspecified atom stereocenters. The Morgan fingerprint density at radius 1 is 1.64 bits per heavy atom. The van der Waals surface area contributed by atoms with Gasteiger partial charge in [-0.25, -0.2) is 4.39 Å². The Bertz CT molecular complexity index is 139. The molecule has 1 aliphatic rings. The number of halogens is 1. The third kappa shape index (κ3) is 3.07. The van der Waals surface area contributed by atoms with Crippen LogP contribution in [0.15, 0.2) is 0 Å². The van der Waals surface area contributed by atoms with E-state index in [4.69, 9.17) is 0 Å². The number of aliphatic carboxylic acids is 1. The SMILES string of the molecule is O=C([O-])C1CN(CCF)C1.[Na+]. The molecule has 0 radical (unpaired) electrons. The van der Waals surface area contributed by atoms with E-state index in [1.54, 1.807) is 4.90 Å². The standard InChI is InChI=1S/C6H10FNO2.Na/c7-1-2-8-3-5(4-8)6(9)10;/h5H,1-4H2,(H,9,10);/q;+1/p-1. The fraction of sp³-hybridized carbons (Fsp3) is 0.833. The molecule has 0 spiro atoms. The van der Waals surface area contributed by atoms with Crippen molar-refractivity contribution in [2.24, 2.45) is 5.92 Å². The number of carboxylic acids is 1. The molecule has 0 aromatic heterocycles. The average molecular weight is 169 g/mol. The van der Waals surface area contributed by atoms with Gasteiger partial charge in [-0.1, -0.05) is 0 Å². The van der Waals surface area contributed by atoms with E-state index in [-0.39, 0.29) is 35.5 Å². The van der Waals surface area contributed by atoms with Gasteiger partial charge in [0.1, 0.15) is 6.67 Å². The first-order chi connectivity index (χ1) is 4.74. The molecule has 11 heavy (non-hydrogen) atoms. The van der Waals surface area contributed by atoms with Gasteiger partial charge in [0.25, 0.3) is 0 Å². The first-order valence-corrected chi connectivity index (χ1v) is 3.23. The predicted octanol–water partition coefficient (Wildman–Crippen LogP) is -4.36. The van der Waals surface area contributed by atoms with Gasteiger partial charge in [-0.15, -0.1) is 0 Å². The van der Waals surface area contributed by atoms with Crippen LogP contribution in [0.2, 0.25) is 0 Å². The molecule has 0 saturated carbocycles. The van der Waals surface area contributed by atoms with Crippen molar-refractivity contribution in [2.45, 2.75) is 0 Å². The van der Waals surface area contributed by atoms with Crippen molar-refractivity contribution < 1.29 is 43.8 Å². The Balaban J connectivity index is 0.000001000. The van der Waals surface area contributed by atoms with E-state index in [0.29, 0.717) is 19.6 Å². The Morgan fingerprint density at radius 3 is 2.55 bits per heavy atom. The van der Waals surface area contributed by atoms with E-state index < -0.39 is 12.6 Å². The van der Waals surface area contributed by atoms with Crippen molar-refractivity contribution >= 4 is 5.97 Å². The van der Waals surface area contributed by atoms with E-state index >= 15 is 0 Å². The zero-order valence-corrected chi connectivity index (χ0v) is 8.55. The minimum Gasteiger partial charge on any atom is -0.550 e. The molecule has 58 valence electrons. The summed E-state index contributed by atoms with van der Waals surface area (Å²) in [7, 11) is 0. The molecular formula is C6H9FNNaO2. The van der Waals surface area contributed by atoms with Gasteiger partial charge in [-0.2, -0.15) is 0 Å². The number of alkyl halides is 1. The Kier molecular flexibility index (Phi) is 5.25. The molecule has 1 saturated heterocycles. The second-order valence-corrected chi connectivity index (χ2v) is 2.46. The minimum absolute atomic E-state index is 0. The van der Waals surface area contributed by atoms with Crippen molar-refractivity contribution in [3.05, 3.63) is 0 Å². The van der Waals surface area contributed by atoms with Gasteiger partial charge in [-0.3, -0.25) is 4.90 Å². The number of carbonyl (C=O) groups excluding carboxylic acids is 1. The van der Waals surface area contributed by atoms with Gasteiger partial charge in [0.15, 0.2) is 0 Å². The Labute approximate surface area is 86.9 Å². The largest absolute Gasteiger partial charge is 1.00 e. The number of hydrogen-bond donors (Lipinski definition) is 0. The van der Waals surface area contributed by atoms with Crippen LogP contribution in [0.4, 0.5) is 4.39 Å². The molecular weight excluding hydrogens is 160 g/mol. The summed E-state index contributed by atoms with van der Waals surface area (Å²) in [5, 5.41) is 10.1. The van der Waals surface area contributed by atoms with E-state index in [1.807, 2.05) is 0 Å². The first kappa shape index (κ1) is 11.4. The van der Waals surface area contributed by atoms with Gasteiger partial charge in [0.2, 0.25) is 0 Å². The van der Waals surface area contributed by atoms with Crippen LogP contribution in [0.25, 0.3) is 0 Å². The number of likely N-dealkylation sites (tertiary alicyclic amines) is 1. The van der Waals surface area contributed by atoms with Gasteiger partial charge >= 0.3 is 29.6 Å². The van der Waals surface area contributed by atoms with E-state index in [0.717, 1.165) is 0 Å². The Hall–Kier alpha value is 0.360. The molecule has 5 heteroatoms. The monoisotopic (exact) mass is 169 g/mol. The van der Waals surface area contributed by atoms with Crippen LogP contribution in [-0.2, 0) is 4.79 Å². The molecule has 0 N–H and O–H groups in total. The minimum atomic E-state index is -1.02. The fourth-order valence-electron chi connectivity index (χ4n) is 1.02. The van der Waals surface area contributed by atoms with Gasteiger partial charge in [-0.05, 0) is 0 Å². The van der Waals surface area contributed by atoms with Crippen molar-refractivity contribution in [3.8, 4) is 0 Å². The molecule has 0 aromatic carbocycles. The average Bonchev–Trinajstić information content (AvgIpc) is 1.76. The molecule has 0 aliphatic carbocycles. The molecule has 0 amide bonds. The number of rotatable bonds is 3. The van der Waals surface area contributed by atoms with E-state index in [2.05, 4.69) is 0 Å². The summed E-state index contributed by atoms with van der Waals surface area (Å²) < 4.78 is 11.6. The summed E-state index contributed by atoms with van der Waals surface area (Å²) in [6.07, 6.45) is 0. The quantitative estimate of drug-likeness (QED) is 0.401. The topological polar surface area (TPSA) is 43.4 Å². The van der Waals surface area contributed by atoms with Crippen molar-refractivity contribution in [1.82, 2.24) is 4.90 Å². The molecule has 1 heterocycles. The zero-order chi connectivity index (χ0) is 7.56. The summed E-state index contributed by atoms with van der Waals surface area (Å²) in [6, 6.07) is 0. The Morgan fingerprint density at radius 2 is 2.18 bits per heavy atom. The summed E-state index contributed by atoms with van der Waals surface area (Å²) >= 11 is 0. The fourth-order valence-corrected chi connectivity index (χ4v) is 1.02. The first-order valence-electron chi connectivity index (χ1n) is 3.23. The maximum Gasteiger partial charge on any atom is 1.00 e. The predicted molar refractivity (Wildman–Crippen MR) is 30.9 cm³/mol. The van der Waals surface area contributed by atoms with Crippen LogP contribution < -0.4 is 34.7 Å². The second kappa shape index (κ2) is 5.09. The van der Waals surface area contributed by atoms with Crippen LogP contribution in [-0.4, -0.2) is 37.2 Å². The van der Waals surface area contributed by atoms with Gasteiger partial charge < -0.3 is 9.90 Å². The van der Waals surface area contributed by atoms with Gasteiger partial charge in [0, 0.05) is 31.5 Å². The van der Waals surface area contributed by atoms with Crippen LogP contribution in [0.1, 0.15) is 0 Å². The van der Waals surface area contributed by atoms with Crippen LogP contribution >= 0.6 is 0 Å². The summed E-state index contributed by atoms with van der Waals surface area (Å²) in [5.74, 6) is -1.39. The summed E-state index contributed by atoms with van der Waals surface area (Å²) in [6.45, 7) is 0.849. The van der Waals surface area contributed by atoms with Crippen molar-refractivity contribution in [2.75, 3.05) is 26.3 Å². The summed E-state index contributed by atoms with van der Waals surface area (Å²) in [4.78, 5) is 11.9. The zero-order valence-electron chi connectivity index (χ0n) is 6.55. The van der Waals surface area contributed by atoms with Crippen molar-refractivity contribution in [1.29, 1.82) is 0 Å². The summed E-state index contributed by atoms with van der Waals surface area (Å²) in [5.41, 5.74) is 0. The van der Waals surface area contributed by atoms with Crippen molar-refractivity contribution in [3.63, 3.8) is 0 Å². The maximum atomic E-state index is 11.6. The molecule has 0 atom stereocenters. The third-order valence-corrected chi connectivity index (χ3v) is 1.69. The number of carbonyl (C=O) groups is 1. The number of carboxylic acid groups (broad SMARTS) is 1. The maximum absolute atomic E-state index is 11.6. The normalized spacial score (nSPS) is 18.6. The van der Waals surface area contributed by atoms with Crippen LogP contribution in [0, 0.1) is 5.92 Å².